The molecule has 2 aromatic carbocycles. The molecule has 4 rings (SSSR count). The molecule has 0 radical (unpaired) electrons. The highest BCUT2D eigenvalue weighted by Gasteiger charge is 2.37. The Hall–Kier alpha value is -3.23. The van der Waals surface area contributed by atoms with Crippen LogP contribution in [0.25, 0.3) is 12.2 Å². The smallest absolute Gasteiger partial charge is 0.248 e. The second kappa shape index (κ2) is 11.3. The number of aromatic nitrogens is 1. The summed E-state index contributed by atoms with van der Waals surface area (Å²) in [5, 5.41) is 3.97. The van der Waals surface area contributed by atoms with Crippen LogP contribution in [0.1, 0.15) is 59.0 Å². The highest BCUT2D eigenvalue weighted by Crippen LogP contribution is 2.31. The molecule has 1 saturated heterocycles. The monoisotopic (exact) mass is 535 g/mol. The van der Waals surface area contributed by atoms with E-state index in [-0.39, 0.29) is 35.6 Å². The number of benzene rings is 2. The maximum atomic E-state index is 13.7. The first kappa shape index (κ1) is 27.8. The number of rotatable bonds is 7. The average Bonchev–Trinajstić information content (AvgIpc) is 3.25. The number of aryl methyl sites for hydroxylation is 5. The quantitative estimate of drug-likeness (QED) is 0.379. The van der Waals surface area contributed by atoms with Crippen molar-refractivity contribution < 1.29 is 17.7 Å². The molecule has 202 valence electrons. The Morgan fingerprint density at radius 2 is 1.68 bits per heavy atom. The van der Waals surface area contributed by atoms with Gasteiger partial charge in [-0.15, -0.1) is 0 Å². The Balaban J connectivity index is 1.51. The molecule has 0 spiro atoms. The van der Waals surface area contributed by atoms with Gasteiger partial charge in [0.05, 0.1) is 0 Å². The van der Waals surface area contributed by atoms with Gasteiger partial charge in [-0.05, 0) is 94.8 Å². The van der Waals surface area contributed by atoms with Crippen molar-refractivity contribution in [2.24, 2.45) is 5.92 Å². The molecule has 3 aromatic rings. The van der Waals surface area contributed by atoms with Gasteiger partial charge in [-0.25, -0.2) is 8.42 Å². The summed E-state index contributed by atoms with van der Waals surface area (Å²) in [6, 6.07) is 12.1. The van der Waals surface area contributed by atoms with Crippen LogP contribution in [0, 0.1) is 40.5 Å². The average molecular weight is 536 g/mol. The third-order valence-electron chi connectivity index (χ3n) is 7.27. The lowest BCUT2D eigenvalue weighted by Crippen LogP contribution is -2.44. The summed E-state index contributed by atoms with van der Waals surface area (Å²) in [4.78, 5) is 15.2. The van der Waals surface area contributed by atoms with Gasteiger partial charge >= 0.3 is 0 Å². The lowest BCUT2D eigenvalue weighted by Gasteiger charge is -2.33. The number of amides is 1. The van der Waals surface area contributed by atoms with Gasteiger partial charge < -0.3 is 9.42 Å². The molecule has 0 N–H and O–H groups in total. The van der Waals surface area contributed by atoms with Crippen molar-refractivity contribution in [3.05, 3.63) is 75.7 Å². The van der Waals surface area contributed by atoms with Gasteiger partial charge in [0.1, 0.15) is 5.69 Å². The molecule has 1 aliphatic rings. The van der Waals surface area contributed by atoms with Crippen LogP contribution in [-0.4, -0.2) is 43.4 Å². The number of carbonyl (C=O) groups is 1. The summed E-state index contributed by atoms with van der Waals surface area (Å²) in [6.45, 7) is 12.8. The molecule has 2 heterocycles. The second-order valence-electron chi connectivity index (χ2n) is 10.2. The van der Waals surface area contributed by atoms with Crippen LogP contribution in [0.4, 0.5) is 5.69 Å². The molecule has 8 heteroatoms. The topological polar surface area (TPSA) is 83.7 Å². The Labute approximate surface area is 226 Å². The van der Waals surface area contributed by atoms with E-state index in [1.807, 2.05) is 58.0 Å². The number of carbonyl (C=O) groups excluding carboxylic acids is 1. The van der Waals surface area contributed by atoms with Gasteiger partial charge in [-0.3, -0.25) is 4.79 Å². The van der Waals surface area contributed by atoms with E-state index in [2.05, 4.69) is 24.2 Å². The zero-order valence-electron chi connectivity index (χ0n) is 23.1. The van der Waals surface area contributed by atoms with Crippen molar-refractivity contribution in [1.82, 2.24) is 9.46 Å². The molecule has 7 nitrogen and oxygen atoms in total. The van der Waals surface area contributed by atoms with Crippen molar-refractivity contribution in [1.29, 1.82) is 0 Å². The summed E-state index contributed by atoms with van der Waals surface area (Å²) in [5.74, 6) is 0.0396. The fourth-order valence-corrected chi connectivity index (χ4v) is 7.09. The summed E-state index contributed by atoms with van der Waals surface area (Å²) in [5.41, 5.74) is 6.73. The highest BCUT2D eigenvalue weighted by atomic mass is 32.2. The molecule has 1 aromatic heterocycles. The van der Waals surface area contributed by atoms with E-state index in [1.54, 1.807) is 17.9 Å². The third-order valence-corrected chi connectivity index (χ3v) is 9.33. The van der Waals surface area contributed by atoms with Crippen LogP contribution in [-0.2, 0) is 14.8 Å². The van der Waals surface area contributed by atoms with E-state index in [9.17, 15) is 13.2 Å². The lowest BCUT2D eigenvalue weighted by molar-refractivity contribution is -0.123. The van der Waals surface area contributed by atoms with E-state index in [0.717, 1.165) is 27.9 Å². The molecule has 0 saturated carbocycles. The standard InChI is InChI=1S/C30H37N3O4S/c1-7-33(26-10-8-9-20(2)19-26)30(34)25-13-15-32(16-14-25)38(35,36)29-24(6)31-37-28(29)12-11-27-22(4)17-21(3)18-23(27)5/h8-12,17-19,25H,7,13-16H2,1-6H3. The van der Waals surface area contributed by atoms with E-state index in [1.165, 1.54) is 9.87 Å². The fraction of sp³-hybridized carbons (Fsp3) is 0.400. The largest absolute Gasteiger partial charge is 0.355 e. The van der Waals surface area contributed by atoms with Crippen LogP contribution in [0.5, 0.6) is 0 Å². The first-order valence-electron chi connectivity index (χ1n) is 13.1. The third kappa shape index (κ3) is 5.61. The Morgan fingerprint density at radius 1 is 1.03 bits per heavy atom. The number of sulfonamides is 1. The van der Waals surface area contributed by atoms with Crippen LogP contribution in [0.15, 0.2) is 45.8 Å². The Kier molecular flexibility index (Phi) is 8.23. The van der Waals surface area contributed by atoms with E-state index in [0.29, 0.717) is 25.1 Å². The molecule has 1 fully saturated rings. The first-order chi connectivity index (χ1) is 18.0. The van der Waals surface area contributed by atoms with Crippen LogP contribution in [0.3, 0.4) is 0 Å². The van der Waals surface area contributed by atoms with Crippen LogP contribution >= 0.6 is 0 Å². The first-order valence-corrected chi connectivity index (χ1v) is 14.6. The fourth-order valence-electron chi connectivity index (χ4n) is 5.37. The normalized spacial score (nSPS) is 15.3. The van der Waals surface area contributed by atoms with E-state index < -0.39 is 10.0 Å². The van der Waals surface area contributed by atoms with E-state index in [4.69, 9.17) is 4.52 Å². The Morgan fingerprint density at radius 3 is 2.29 bits per heavy atom. The number of anilines is 1. The maximum Gasteiger partial charge on any atom is 0.248 e. The number of hydrogen-bond donors (Lipinski definition) is 0. The molecule has 0 aliphatic carbocycles. The molecule has 0 atom stereocenters. The van der Waals surface area contributed by atoms with Gasteiger partial charge in [0.25, 0.3) is 0 Å². The second-order valence-corrected chi connectivity index (χ2v) is 12.1. The summed E-state index contributed by atoms with van der Waals surface area (Å²) < 4.78 is 34.3. The van der Waals surface area contributed by atoms with Crippen molar-refractivity contribution in [2.45, 2.75) is 59.3 Å². The molecule has 0 bridgehead atoms. The van der Waals surface area contributed by atoms with Crippen molar-refractivity contribution in [3.8, 4) is 0 Å². The minimum Gasteiger partial charge on any atom is -0.355 e. The maximum absolute atomic E-state index is 13.7. The molecule has 0 unspecified atom stereocenters. The summed E-state index contributed by atoms with van der Waals surface area (Å²) in [6.07, 6.45) is 4.52. The van der Waals surface area contributed by atoms with Crippen LogP contribution in [0.2, 0.25) is 0 Å². The molecule has 1 aliphatic heterocycles. The SMILES string of the molecule is CCN(C(=O)C1CCN(S(=O)(=O)c2c(C)noc2C=Cc2c(C)cc(C)cc2C)CC1)c1cccc(C)c1. The van der Waals surface area contributed by atoms with Crippen LogP contribution < -0.4 is 4.90 Å². The predicted molar refractivity (Wildman–Crippen MR) is 152 cm³/mol. The zero-order chi connectivity index (χ0) is 27.6. The van der Waals surface area contributed by atoms with Crippen molar-refractivity contribution in [3.63, 3.8) is 0 Å². The highest BCUT2D eigenvalue weighted by molar-refractivity contribution is 7.89. The minimum atomic E-state index is -3.84. The minimum absolute atomic E-state index is 0.0452. The van der Waals surface area contributed by atoms with Crippen molar-refractivity contribution >= 4 is 33.8 Å². The summed E-state index contributed by atoms with van der Waals surface area (Å²) in [7, 11) is -3.84. The van der Waals surface area contributed by atoms with Gasteiger partial charge in [0.15, 0.2) is 10.7 Å². The Bertz CT molecular complexity index is 1440. The van der Waals surface area contributed by atoms with Gasteiger partial charge in [-0.2, -0.15) is 4.31 Å². The number of nitrogens with zero attached hydrogens (tertiary/aromatic N) is 3. The zero-order valence-corrected chi connectivity index (χ0v) is 23.9. The molecule has 1 amide bonds. The summed E-state index contributed by atoms with van der Waals surface area (Å²) >= 11 is 0. The molecular weight excluding hydrogens is 498 g/mol. The van der Waals surface area contributed by atoms with Gasteiger partial charge in [0, 0.05) is 31.2 Å². The lowest BCUT2D eigenvalue weighted by atomic mass is 9.96. The van der Waals surface area contributed by atoms with E-state index >= 15 is 0 Å². The van der Waals surface area contributed by atoms with Gasteiger partial charge in [0.2, 0.25) is 15.9 Å². The van der Waals surface area contributed by atoms with Gasteiger partial charge in [-0.1, -0.05) is 41.1 Å². The molecular formula is C30H37N3O4S. The molecule has 38 heavy (non-hydrogen) atoms. The van der Waals surface area contributed by atoms with Crippen molar-refractivity contribution in [2.75, 3.05) is 24.5 Å². The number of piperidine rings is 1. The predicted octanol–water partition coefficient (Wildman–Crippen LogP) is 5.84. The number of hydrogen-bond acceptors (Lipinski definition) is 5.